The van der Waals surface area contributed by atoms with Crippen LogP contribution >= 0.6 is 0 Å². The van der Waals surface area contributed by atoms with Crippen LogP contribution in [-0.2, 0) is 5.41 Å². The van der Waals surface area contributed by atoms with Crippen LogP contribution in [0.15, 0.2) is 200 Å². The van der Waals surface area contributed by atoms with Crippen LogP contribution in [0.3, 0.4) is 0 Å². The monoisotopic (exact) mass is 701 g/mol. The third-order valence-corrected chi connectivity index (χ3v) is 10.6. The largest absolute Gasteiger partial charge is 0.310 e. The van der Waals surface area contributed by atoms with Crippen molar-refractivity contribution in [3.63, 3.8) is 0 Å². The Balaban J connectivity index is 1.36. The normalized spacial score (nSPS) is 15.9. The van der Waals surface area contributed by atoms with Gasteiger partial charge in [-0.1, -0.05) is 184 Å². The van der Waals surface area contributed by atoms with Gasteiger partial charge in [0.25, 0.3) is 0 Å². The lowest BCUT2D eigenvalue weighted by Crippen LogP contribution is -2.14. The van der Waals surface area contributed by atoms with Gasteiger partial charge in [-0.25, -0.2) is 0 Å². The van der Waals surface area contributed by atoms with Gasteiger partial charge in [0.1, 0.15) is 0 Å². The molecule has 0 fully saturated rings. The fourth-order valence-corrected chi connectivity index (χ4v) is 7.96. The summed E-state index contributed by atoms with van der Waals surface area (Å²) in [5, 5.41) is 2.96. The molecule has 0 saturated heterocycles. The lowest BCUT2D eigenvalue weighted by Gasteiger charge is -2.29. The van der Waals surface area contributed by atoms with Crippen LogP contribution in [0.2, 0.25) is 0 Å². The van der Waals surface area contributed by atoms with Gasteiger partial charge in [0.05, 0.1) is 22.1 Å². The quantitative estimate of drug-likeness (QED) is 0.167. The van der Waals surface area contributed by atoms with Crippen molar-refractivity contribution in [2.24, 2.45) is 0 Å². The van der Waals surface area contributed by atoms with E-state index in [0.717, 1.165) is 32.4 Å². The first-order valence-corrected chi connectivity index (χ1v) is 17.9. The van der Waals surface area contributed by atoms with E-state index in [-0.39, 0.29) is 22.4 Å². The average molecular weight is 702 g/mol. The van der Waals surface area contributed by atoms with Crippen molar-refractivity contribution in [3.05, 3.63) is 211 Å². The molecule has 10 rings (SSSR count). The number of hydrogen-bond donors (Lipinski definition) is 0. The first-order valence-electron chi connectivity index (χ1n) is 23.9. The van der Waals surface area contributed by atoms with Gasteiger partial charge in [0.2, 0.25) is 0 Å². The summed E-state index contributed by atoms with van der Waals surface area (Å²) in [6.45, 7) is 4.14. The Morgan fingerprint density at radius 2 is 0.870 bits per heavy atom. The van der Waals surface area contributed by atoms with E-state index in [0.29, 0.717) is 33.0 Å². The van der Waals surface area contributed by atoms with Gasteiger partial charge in [0, 0.05) is 22.4 Å². The topological polar surface area (TPSA) is 3.24 Å². The summed E-state index contributed by atoms with van der Waals surface area (Å²) in [6.07, 6.45) is 0. The maximum absolute atomic E-state index is 9.80. The molecule has 0 unspecified atom stereocenters. The highest BCUT2D eigenvalue weighted by Gasteiger charge is 2.37. The molecule has 1 nitrogen and oxygen atoms in total. The van der Waals surface area contributed by atoms with Gasteiger partial charge < -0.3 is 4.90 Å². The second-order valence-electron chi connectivity index (χ2n) is 14.0. The van der Waals surface area contributed by atoms with Crippen LogP contribution in [0.1, 0.15) is 41.4 Å². The summed E-state index contributed by atoms with van der Waals surface area (Å²) in [5.74, 6) is 0. The molecule has 0 bridgehead atoms. The fraction of sp³-hybridized carbons (Fsp3) is 0.0566. The molecule has 0 aromatic heterocycles. The number of nitrogens with zero attached hydrogens (tertiary/aromatic N) is 1. The molecule has 1 heteroatoms. The number of fused-ring (bicyclic) bond motifs is 5. The maximum Gasteiger partial charge on any atom is 0.0645 e. The molecule has 0 radical (unpaired) electrons. The minimum Gasteiger partial charge on any atom is -0.310 e. The van der Waals surface area contributed by atoms with Gasteiger partial charge in [-0.05, 0) is 102 Å². The zero-order chi connectivity index (χ0) is 46.7. The zero-order valence-electron chi connectivity index (χ0n) is 41.6. The van der Waals surface area contributed by atoms with Crippen molar-refractivity contribution in [2.75, 3.05) is 4.90 Å². The van der Waals surface area contributed by atoms with Crippen molar-refractivity contribution < 1.29 is 16.4 Å². The minimum absolute atomic E-state index is 0.0220. The number of anilines is 3. The third kappa shape index (κ3) is 5.16. The van der Waals surface area contributed by atoms with Crippen molar-refractivity contribution >= 4 is 38.6 Å². The summed E-state index contributed by atoms with van der Waals surface area (Å²) in [7, 11) is 0. The van der Waals surface area contributed by atoms with Gasteiger partial charge in [-0.2, -0.15) is 0 Å². The summed E-state index contributed by atoms with van der Waals surface area (Å²) < 4.78 is 115. The van der Waals surface area contributed by atoms with Crippen LogP contribution in [0.25, 0.3) is 66.1 Å². The highest BCUT2D eigenvalue weighted by Crippen LogP contribution is 2.53. The molecule has 0 heterocycles. The third-order valence-electron chi connectivity index (χ3n) is 10.6. The molecule has 9 aromatic rings. The molecular weight excluding hydrogens is 651 g/mol. The molecule has 1 aliphatic carbocycles. The van der Waals surface area contributed by atoms with Gasteiger partial charge in [-0.3, -0.25) is 0 Å². The Morgan fingerprint density at radius 1 is 0.407 bits per heavy atom. The Bertz CT molecular complexity index is 3350. The number of para-hydroxylation sites is 1. The molecule has 0 amide bonds. The molecule has 1 aliphatic rings. The van der Waals surface area contributed by atoms with Crippen LogP contribution in [-0.4, -0.2) is 0 Å². The van der Waals surface area contributed by atoms with Crippen molar-refractivity contribution in [1.82, 2.24) is 0 Å². The van der Waals surface area contributed by atoms with E-state index in [1.807, 2.05) is 91.0 Å². The second kappa shape index (κ2) is 12.8. The summed E-state index contributed by atoms with van der Waals surface area (Å²) in [4.78, 5) is 1.01. The molecule has 54 heavy (non-hydrogen) atoms. The van der Waals surface area contributed by atoms with Crippen molar-refractivity contribution in [3.8, 4) is 44.5 Å². The fourth-order valence-electron chi connectivity index (χ4n) is 7.96. The smallest absolute Gasteiger partial charge is 0.0645 e. The van der Waals surface area contributed by atoms with Gasteiger partial charge >= 0.3 is 0 Å². The van der Waals surface area contributed by atoms with E-state index in [1.165, 1.54) is 0 Å². The molecule has 0 N–H and O–H groups in total. The molecule has 0 spiro atoms. The Labute approximate surface area is 334 Å². The summed E-state index contributed by atoms with van der Waals surface area (Å²) in [5.41, 5.74) is 2.51. The van der Waals surface area contributed by atoms with Crippen LogP contribution in [0.5, 0.6) is 0 Å². The highest BCUT2D eigenvalue weighted by molar-refractivity contribution is 6.00. The van der Waals surface area contributed by atoms with E-state index < -0.39 is 89.3 Å². The molecule has 0 atom stereocenters. The second-order valence-corrected chi connectivity index (χ2v) is 14.0. The zero-order valence-corrected chi connectivity index (χ0v) is 29.6. The first kappa shape index (κ1) is 21.7. The van der Waals surface area contributed by atoms with E-state index in [9.17, 15) is 13.7 Å². The van der Waals surface area contributed by atoms with E-state index in [1.54, 1.807) is 36.4 Å². The van der Waals surface area contributed by atoms with E-state index in [2.05, 4.69) is 13.8 Å². The van der Waals surface area contributed by atoms with Crippen LogP contribution in [0.4, 0.5) is 17.1 Å². The lowest BCUT2D eigenvalue weighted by atomic mass is 9.82. The van der Waals surface area contributed by atoms with E-state index in [4.69, 9.17) is 2.74 Å². The first-order chi connectivity index (χ1) is 31.6. The predicted molar refractivity (Wildman–Crippen MR) is 230 cm³/mol. The highest BCUT2D eigenvalue weighted by atomic mass is 15.1. The molecule has 256 valence electrons. The van der Waals surface area contributed by atoms with Crippen LogP contribution < -0.4 is 4.90 Å². The Hall–Kier alpha value is -6.70. The van der Waals surface area contributed by atoms with Crippen molar-refractivity contribution in [1.29, 1.82) is 0 Å². The van der Waals surface area contributed by atoms with Crippen molar-refractivity contribution in [2.45, 2.75) is 19.3 Å². The lowest BCUT2D eigenvalue weighted by molar-refractivity contribution is 0.660. The van der Waals surface area contributed by atoms with E-state index >= 15 is 0 Å². The summed E-state index contributed by atoms with van der Waals surface area (Å²) >= 11 is 0. The Kier molecular flexibility index (Phi) is 5.14. The minimum atomic E-state index is -0.692. The number of benzene rings is 9. The van der Waals surface area contributed by atoms with Gasteiger partial charge in [-0.15, -0.1) is 0 Å². The summed E-state index contributed by atoms with van der Waals surface area (Å²) in [6, 6.07) is 31.8. The number of rotatable bonds is 6. The van der Waals surface area contributed by atoms with Gasteiger partial charge in [0.15, 0.2) is 0 Å². The SMILES string of the molecule is [2H]c1c([2H])c([2H])c(N(c2c([2H])c([2H])c(-c3cccc4ccccc34)c([2H])c2[2H])c2c([2H])c([2H])c(-c3cccc4ccccc34)c([2H])c2[2H])c(-c2cccc3c2-c2ccccc2C3(C)C)c1[2H]. The predicted octanol–water partition coefficient (Wildman–Crippen LogP) is 14.8. The molecule has 0 saturated carbocycles. The maximum atomic E-state index is 9.80. The standard InChI is InChI=1S/C53H39N/c1-53(2)49-25-9-7-21-48(49)52-47(24-13-26-50(52)53)46-20-8-10-27-51(46)54(40-32-28-38(29-33-40)44-22-11-16-36-14-3-5-18-42(36)44)41-34-30-39(31-35-41)45-23-12-17-37-15-4-6-19-43(37)45/h3-35H,1-2H3/i8D,10D,20D,27D,28D,29D,30D,31D,32D,33D,34D,35D. The number of hydrogen-bond acceptors (Lipinski definition) is 1. The molecule has 0 aliphatic heterocycles. The Morgan fingerprint density at radius 3 is 1.50 bits per heavy atom. The molecule has 9 aromatic carbocycles. The van der Waals surface area contributed by atoms with Crippen LogP contribution in [0, 0.1) is 0 Å². The average Bonchev–Trinajstić information content (AvgIpc) is 3.56. The molecular formula is C53H39N.